The number of esters is 2. The van der Waals surface area contributed by atoms with Crippen LogP contribution in [0.1, 0.15) is 33.6 Å². The normalized spacial score (nSPS) is 14.1. The Kier molecular flexibility index (Phi) is 7.03. The molecule has 0 aliphatic carbocycles. The Balaban J connectivity index is 1.58. The van der Waals surface area contributed by atoms with Crippen LogP contribution in [-0.4, -0.2) is 57.4 Å². The van der Waals surface area contributed by atoms with Crippen LogP contribution < -0.4 is 5.32 Å². The van der Waals surface area contributed by atoms with E-state index in [1.807, 2.05) is 0 Å². The summed E-state index contributed by atoms with van der Waals surface area (Å²) in [5.74, 6) is -1.89. The molecule has 10 heteroatoms. The monoisotopic (exact) mass is 446 g/mol. The molecule has 3 rings (SSSR count). The Labute approximate surface area is 180 Å². The number of amides is 1. The summed E-state index contributed by atoms with van der Waals surface area (Å²) < 4.78 is 36.3. The van der Waals surface area contributed by atoms with Crippen LogP contribution >= 0.6 is 0 Å². The highest BCUT2D eigenvalue weighted by molar-refractivity contribution is 7.89. The molecule has 164 valence electrons. The molecule has 1 heterocycles. The molecule has 0 radical (unpaired) electrons. The molecule has 1 aliphatic rings. The first kappa shape index (κ1) is 22.4. The number of benzene rings is 2. The first-order valence-electron chi connectivity index (χ1n) is 9.57. The molecule has 2 aromatic carbocycles. The van der Waals surface area contributed by atoms with Crippen molar-refractivity contribution in [2.45, 2.75) is 17.7 Å². The zero-order valence-electron chi connectivity index (χ0n) is 16.9. The van der Waals surface area contributed by atoms with Gasteiger partial charge in [0.05, 0.1) is 23.1 Å². The van der Waals surface area contributed by atoms with Gasteiger partial charge in [0, 0.05) is 18.8 Å². The van der Waals surface area contributed by atoms with Gasteiger partial charge in [-0.15, -0.1) is 0 Å². The Bertz CT molecular complexity index is 1080. The SMILES string of the molecule is COC(=O)c1ccc(NC(=O)COC(=O)c2cccc(S(=O)(=O)N3CCCC3)c2)cc1. The topological polar surface area (TPSA) is 119 Å². The van der Waals surface area contributed by atoms with E-state index in [9.17, 15) is 22.8 Å². The number of anilines is 1. The van der Waals surface area contributed by atoms with Crippen molar-refractivity contribution in [2.75, 3.05) is 32.1 Å². The zero-order chi connectivity index (χ0) is 22.4. The van der Waals surface area contributed by atoms with Gasteiger partial charge in [-0.05, 0) is 55.3 Å². The second-order valence-electron chi connectivity index (χ2n) is 6.83. The van der Waals surface area contributed by atoms with E-state index < -0.39 is 34.5 Å². The highest BCUT2D eigenvalue weighted by Crippen LogP contribution is 2.21. The van der Waals surface area contributed by atoms with Crippen LogP contribution in [-0.2, 0) is 24.3 Å². The Morgan fingerprint density at radius 1 is 0.968 bits per heavy atom. The molecule has 0 saturated carbocycles. The number of methoxy groups -OCH3 is 1. The summed E-state index contributed by atoms with van der Waals surface area (Å²) in [6.07, 6.45) is 1.61. The minimum atomic E-state index is -3.67. The van der Waals surface area contributed by atoms with E-state index in [1.54, 1.807) is 0 Å². The third-order valence-corrected chi connectivity index (χ3v) is 6.59. The van der Waals surface area contributed by atoms with Gasteiger partial charge in [-0.25, -0.2) is 18.0 Å². The molecule has 1 N–H and O–H groups in total. The lowest BCUT2D eigenvalue weighted by Crippen LogP contribution is -2.28. The highest BCUT2D eigenvalue weighted by atomic mass is 32.2. The quantitative estimate of drug-likeness (QED) is 0.647. The maximum Gasteiger partial charge on any atom is 0.338 e. The molecular weight excluding hydrogens is 424 g/mol. The van der Waals surface area contributed by atoms with Crippen molar-refractivity contribution in [3.8, 4) is 0 Å². The van der Waals surface area contributed by atoms with Gasteiger partial charge in [0.1, 0.15) is 0 Å². The minimum absolute atomic E-state index is 0.0130. The molecule has 0 bridgehead atoms. The molecule has 1 amide bonds. The van der Waals surface area contributed by atoms with Crippen molar-refractivity contribution in [2.24, 2.45) is 0 Å². The van der Waals surface area contributed by atoms with Crippen molar-refractivity contribution >= 4 is 33.6 Å². The molecule has 2 aromatic rings. The minimum Gasteiger partial charge on any atom is -0.465 e. The fourth-order valence-corrected chi connectivity index (χ4v) is 4.64. The number of carbonyl (C=O) groups excluding carboxylic acids is 3. The molecule has 31 heavy (non-hydrogen) atoms. The number of hydrogen-bond acceptors (Lipinski definition) is 7. The fraction of sp³-hybridized carbons (Fsp3) is 0.286. The number of ether oxygens (including phenoxy) is 2. The third kappa shape index (κ3) is 5.47. The van der Waals surface area contributed by atoms with Crippen LogP contribution in [0.3, 0.4) is 0 Å². The number of sulfonamides is 1. The van der Waals surface area contributed by atoms with Crippen molar-refractivity contribution in [1.29, 1.82) is 0 Å². The number of nitrogens with zero attached hydrogens (tertiary/aromatic N) is 1. The lowest BCUT2D eigenvalue weighted by Gasteiger charge is -2.15. The average molecular weight is 446 g/mol. The number of hydrogen-bond donors (Lipinski definition) is 1. The van der Waals surface area contributed by atoms with E-state index in [2.05, 4.69) is 10.1 Å². The van der Waals surface area contributed by atoms with Gasteiger partial charge in [0.15, 0.2) is 6.61 Å². The number of carbonyl (C=O) groups is 3. The predicted octanol–water partition coefficient (Wildman–Crippen LogP) is 2.05. The van der Waals surface area contributed by atoms with E-state index in [4.69, 9.17) is 4.74 Å². The van der Waals surface area contributed by atoms with E-state index in [0.717, 1.165) is 12.8 Å². The second kappa shape index (κ2) is 9.71. The maximum atomic E-state index is 12.6. The van der Waals surface area contributed by atoms with Gasteiger partial charge < -0.3 is 14.8 Å². The van der Waals surface area contributed by atoms with E-state index in [0.29, 0.717) is 24.3 Å². The Morgan fingerprint density at radius 3 is 2.29 bits per heavy atom. The summed E-state index contributed by atoms with van der Waals surface area (Å²) in [7, 11) is -2.40. The standard InChI is InChI=1S/C21H22N2O7S/c1-29-20(25)15-7-9-17(10-8-15)22-19(24)14-30-21(26)16-5-4-6-18(13-16)31(27,28)23-11-2-3-12-23/h4-10,13H,2-3,11-12,14H2,1H3,(H,22,24). The van der Waals surface area contributed by atoms with Crippen molar-refractivity contribution < 1.29 is 32.3 Å². The summed E-state index contributed by atoms with van der Waals surface area (Å²) in [5, 5.41) is 2.53. The van der Waals surface area contributed by atoms with E-state index >= 15 is 0 Å². The lowest BCUT2D eigenvalue weighted by molar-refractivity contribution is -0.119. The van der Waals surface area contributed by atoms with Gasteiger partial charge in [0.2, 0.25) is 10.0 Å². The summed E-state index contributed by atoms with van der Waals surface area (Å²) in [6, 6.07) is 11.6. The number of nitrogens with one attached hydrogen (secondary N) is 1. The van der Waals surface area contributed by atoms with Crippen molar-refractivity contribution in [3.63, 3.8) is 0 Å². The summed E-state index contributed by atoms with van der Waals surface area (Å²) >= 11 is 0. The summed E-state index contributed by atoms with van der Waals surface area (Å²) in [6.45, 7) is 0.357. The van der Waals surface area contributed by atoms with E-state index in [1.165, 1.54) is 59.9 Å². The first-order valence-corrected chi connectivity index (χ1v) is 11.0. The van der Waals surface area contributed by atoms with Gasteiger partial charge in [-0.1, -0.05) is 6.07 Å². The second-order valence-corrected chi connectivity index (χ2v) is 8.77. The molecule has 0 atom stereocenters. The predicted molar refractivity (Wildman–Crippen MR) is 111 cm³/mol. The molecule has 0 spiro atoms. The van der Waals surface area contributed by atoms with Crippen molar-refractivity contribution in [1.82, 2.24) is 4.31 Å². The van der Waals surface area contributed by atoms with Crippen LogP contribution in [0.5, 0.6) is 0 Å². The smallest absolute Gasteiger partial charge is 0.338 e. The first-order chi connectivity index (χ1) is 14.8. The molecular formula is C21H22N2O7S. The van der Waals surface area contributed by atoms with Crippen LogP contribution in [0.15, 0.2) is 53.4 Å². The maximum absolute atomic E-state index is 12.6. The number of rotatable bonds is 7. The lowest BCUT2D eigenvalue weighted by atomic mass is 10.2. The molecule has 1 saturated heterocycles. The third-order valence-electron chi connectivity index (χ3n) is 4.70. The summed E-state index contributed by atoms with van der Waals surface area (Å²) in [5.41, 5.74) is 0.776. The zero-order valence-corrected chi connectivity index (χ0v) is 17.7. The van der Waals surface area contributed by atoms with Crippen molar-refractivity contribution in [3.05, 3.63) is 59.7 Å². The summed E-state index contributed by atoms with van der Waals surface area (Å²) in [4.78, 5) is 35.8. The molecule has 9 nitrogen and oxygen atoms in total. The van der Waals surface area contributed by atoms with Gasteiger partial charge >= 0.3 is 11.9 Å². The molecule has 0 unspecified atom stereocenters. The molecule has 0 aromatic heterocycles. The van der Waals surface area contributed by atoms with Crippen LogP contribution in [0, 0.1) is 0 Å². The van der Waals surface area contributed by atoms with Crippen LogP contribution in [0.2, 0.25) is 0 Å². The van der Waals surface area contributed by atoms with Gasteiger partial charge in [-0.3, -0.25) is 4.79 Å². The van der Waals surface area contributed by atoms with Gasteiger partial charge in [0.25, 0.3) is 5.91 Å². The van der Waals surface area contributed by atoms with Crippen LogP contribution in [0.4, 0.5) is 5.69 Å². The van der Waals surface area contributed by atoms with Crippen LogP contribution in [0.25, 0.3) is 0 Å². The highest BCUT2D eigenvalue weighted by Gasteiger charge is 2.27. The largest absolute Gasteiger partial charge is 0.465 e. The Morgan fingerprint density at radius 2 is 1.65 bits per heavy atom. The van der Waals surface area contributed by atoms with E-state index in [-0.39, 0.29) is 10.5 Å². The average Bonchev–Trinajstić information content (AvgIpc) is 3.33. The Hall–Kier alpha value is -3.24. The molecule has 1 fully saturated rings. The molecule has 1 aliphatic heterocycles. The fourth-order valence-electron chi connectivity index (χ4n) is 3.08. The van der Waals surface area contributed by atoms with Gasteiger partial charge in [-0.2, -0.15) is 4.31 Å².